The van der Waals surface area contributed by atoms with Crippen LogP contribution in [0.3, 0.4) is 0 Å². The summed E-state index contributed by atoms with van der Waals surface area (Å²) in [6, 6.07) is 4.24. The minimum absolute atomic E-state index is 0.155. The number of aliphatic carboxylic acids is 1. The molecule has 5 rings (SSSR count). The molecule has 0 aromatic carbocycles. The molecule has 192 valence electrons. The zero-order valence-electron chi connectivity index (χ0n) is 19.4. The molecule has 9 nitrogen and oxygen atoms in total. The molecular weight excluding hydrogens is 467 g/mol. The first-order valence-corrected chi connectivity index (χ1v) is 12.0. The van der Waals surface area contributed by atoms with Crippen LogP contribution in [0, 0.1) is 5.92 Å². The summed E-state index contributed by atoms with van der Waals surface area (Å²) in [7, 11) is 0. The highest BCUT2D eigenvalue weighted by atomic mass is 19.4. The molecule has 3 aliphatic rings. The molecule has 3 saturated heterocycles. The smallest absolute Gasteiger partial charge is 0.475 e. The molecule has 0 bridgehead atoms. The van der Waals surface area contributed by atoms with Crippen molar-refractivity contribution in [3.8, 4) is 0 Å². The van der Waals surface area contributed by atoms with E-state index in [2.05, 4.69) is 23.2 Å². The van der Waals surface area contributed by atoms with E-state index in [9.17, 15) is 18.0 Å². The van der Waals surface area contributed by atoms with E-state index in [-0.39, 0.29) is 5.92 Å². The highest BCUT2D eigenvalue weighted by Gasteiger charge is 2.38. The molecule has 3 aliphatic heterocycles. The number of carboxylic acid groups (broad SMARTS) is 1. The van der Waals surface area contributed by atoms with E-state index < -0.39 is 12.1 Å². The number of ether oxygens (including phenoxy) is 1. The van der Waals surface area contributed by atoms with Crippen molar-refractivity contribution in [2.45, 2.75) is 50.6 Å². The average Bonchev–Trinajstić information content (AvgIpc) is 3.54. The van der Waals surface area contributed by atoms with E-state index in [1.807, 2.05) is 9.42 Å². The molecule has 1 N–H and O–H groups in total. The van der Waals surface area contributed by atoms with Gasteiger partial charge < -0.3 is 19.6 Å². The van der Waals surface area contributed by atoms with Crippen LogP contribution in [-0.4, -0.2) is 82.1 Å². The maximum Gasteiger partial charge on any atom is 0.490 e. The largest absolute Gasteiger partial charge is 0.490 e. The molecule has 5 heterocycles. The van der Waals surface area contributed by atoms with Gasteiger partial charge in [-0.05, 0) is 50.7 Å². The molecular formula is C23H30F3N5O4. The average molecular weight is 498 g/mol. The number of halogens is 3. The fourth-order valence-corrected chi connectivity index (χ4v) is 4.79. The molecule has 12 heteroatoms. The van der Waals surface area contributed by atoms with E-state index in [0.29, 0.717) is 11.8 Å². The van der Waals surface area contributed by atoms with Gasteiger partial charge in [0.25, 0.3) is 0 Å². The third-order valence-corrected chi connectivity index (χ3v) is 6.79. The lowest BCUT2D eigenvalue weighted by Gasteiger charge is -2.34. The summed E-state index contributed by atoms with van der Waals surface area (Å²) < 4.78 is 39.1. The molecule has 35 heavy (non-hydrogen) atoms. The number of anilines is 1. The van der Waals surface area contributed by atoms with Gasteiger partial charge in [0.05, 0.1) is 11.9 Å². The van der Waals surface area contributed by atoms with Gasteiger partial charge in [0.1, 0.15) is 0 Å². The Labute approximate surface area is 200 Å². The maximum absolute atomic E-state index is 12.7. The quantitative estimate of drug-likeness (QED) is 0.696. The number of alkyl halides is 3. The van der Waals surface area contributed by atoms with E-state index in [1.54, 1.807) is 0 Å². The number of hydrogen-bond acceptors (Lipinski definition) is 6. The van der Waals surface area contributed by atoms with Crippen molar-refractivity contribution < 1.29 is 32.6 Å². The fraction of sp³-hybridized carbons (Fsp3) is 0.652. The highest BCUT2D eigenvalue weighted by Crippen LogP contribution is 2.29. The third kappa shape index (κ3) is 6.22. The van der Waals surface area contributed by atoms with Crippen molar-refractivity contribution in [1.82, 2.24) is 19.5 Å². The van der Waals surface area contributed by atoms with Crippen LogP contribution in [0.1, 0.15) is 50.3 Å². The maximum atomic E-state index is 12.7. The SMILES string of the molecule is O=C(C1CCOCC1)N1CCC(c2nc3ccc(N4CCCC4)cn3n2)CC1.O=C(O)C(F)(F)F. The van der Waals surface area contributed by atoms with Gasteiger partial charge in [0.15, 0.2) is 11.5 Å². The van der Waals surface area contributed by atoms with Crippen LogP contribution in [0.4, 0.5) is 18.9 Å². The lowest BCUT2D eigenvalue weighted by atomic mass is 9.93. The van der Waals surface area contributed by atoms with E-state index in [1.165, 1.54) is 18.5 Å². The second-order valence-corrected chi connectivity index (χ2v) is 9.14. The third-order valence-electron chi connectivity index (χ3n) is 6.79. The zero-order chi connectivity index (χ0) is 25.0. The monoisotopic (exact) mass is 497 g/mol. The summed E-state index contributed by atoms with van der Waals surface area (Å²) in [5, 5.41) is 11.9. The fourth-order valence-electron chi connectivity index (χ4n) is 4.79. The van der Waals surface area contributed by atoms with E-state index >= 15 is 0 Å². The Morgan fingerprint density at radius 3 is 2.23 bits per heavy atom. The number of aromatic nitrogens is 3. The Balaban J connectivity index is 0.000000364. The highest BCUT2D eigenvalue weighted by molar-refractivity contribution is 5.79. The summed E-state index contributed by atoms with van der Waals surface area (Å²) in [4.78, 5) is 30.9. The van der Waals surface area contributed by atoms with Crippen molar-refractivity contribution in [2.24, 2.45) is 5.92 Å². The van der Waals surface area contributed by atoms with Gasteiger partial charge in [0, 0.05) is 51.2 Å². The first kappa shape index (κ1) is 25.2. The normalized spacial score (nSPS) is 20.1. The Bertz CT molecular complexity index is 1020. The minimum Gasteiger partial charge on any atom is -0.475 e. The zero-order valence-corrected chi connectivity index (χ0v) is 19.4. The molecule has 2 aromatic rings. The molecule has 1 amide bonds. The van der Waals surface area contributed by atoms with Crippen LogP contribution in [0.15, 0.2) is 18.3 Å². The number of fused-ring (bicyclic) bond motifs is 1. The summed E-state index contributed by atoms with van der Waals surface area (Å²) in [5.41, 5.74) is 2.15. The van der Waals surface area contributed by atoms with Crippen molar-refractivity contribution in [1.29, 1.82) is 0 Å². The van der Waals surface area contributed by atoms with Gasteiger partial charge >= 0.3 is 12.1 Å². The van der Waals surface area contributed by atoms with Crippen LogP contribution in [-0.2, 0) is 14.3 Å². The molecule has 0 saturated carbocycles. The lowest BCUT2D eigenvalue weighted by molar-refractivity contribution is -0.192. The van der Waals surface area contributed by atoms with Crippen LogP contribution in [0.5, 0.6) is 0 Å². The van der Waals surface area contributed by atoms with Gasteiger partial charge in [-0.2, -0.15) is 18.3 Å². The van der Waals surface area contributed by atoms with Crippen molar-refractivity contribution in [3.05, 3.63) is 24.2 Å². The standard InChI is InChI=1S/C21H29N5O2.C2HF3O2/c27-21(17-7-13-28-14-8-17)25-11-5-16(6-12-25)20-22-19-4-3-18(15-26(19)23-20)24-9-1-2-10-24;3-2(4,5)1(6)7/h3-4,15-17H,1-2,5-14H2;(H,6,7). The Morgan fingerprint density at radius 2 is 1.63 bits per heavy atom. The Morgan fingerprint density at radius 1 is 1.00 bits per heavy atom. The van der Waals surface area contributed by atoms with Crippen molar-refractivity contribution in [2.75, 3.05) is 44.3 Å². The second kappa shape index (κ2) is 10.8. The Hall–Kier alpha value is -2.89. The summed E-state index contributed by atoms with van der Waals surface area (Å²) in [6.45, 7) is 5.33. The van der Waals surface area contributed by atoms with Crippen LogP contribution in [0.25, 0.3) is 5.65 Å². The number of rotatable bonds is 3. The van der Waals surface area contributed by atoms with Gasteiger partial charge in [-0.25, -0.2) is 14.3 Å². The molecule has 0 spiro atoms. The first-order chi connectivity index (χ1) is 16.7. The van der Waals surface area contributed by atoms with Crippen LogP contribution in [0.2, 0.25) is 0 Å². The predicted octanol–water partition coefficient (Wildman–Crippen LogP) is 3.10. The molecule has 0 atom stereocenters. The number of carboxylic acids is 1. The number of likely N-dealkylation sites (tertiary alicyclic amines) is 1. The number of amides is 1. The number of carbonyl (C=O) groups excluding carboxylic acids is 1. The molecule has 0 radical (unpaired) electrons. The molecule has 0 unspecified atom stereocenters. The molecule has 2 aromatic heterocycles. The summed E-state index contributed by atoms with van der Waals surface area (Å²) in [5.74, 6) is -1.01. The number of pyridine rings is 1. The minimum atomic E-state index is -5.08. The second-order valence-electron chi connectivity index (χ2n) is 9.14. The van der Waals surface area contributed by atoms with Crippen LogP contribution < -0.4 is 4.90 Å². The summed E-state index contributed by atoms with van der Waals surface area (Å²) >= 11 is 0. The predicted molar refractivity (Wildman–Crippen MR) is 120 cm³/mol. The van der Waals surface area contributed by atoms with Gasteiger partial charge in [-0.1, -0.05) is 0 Å². The van der Waals surface area contributed by atoms with Gasteiger partial charge in [0.2, 0.25) is 5.91 Å². The van der Waals surface area contributed by atoms with E-state index in [0.717, 1.165) is 76.5 Å². The lowest BCUT2D eigenvalue weighted by Crippen LogP contribution is -2.42. The number of carbonyl (C=O) groups is 2. The number of hydrogen-bond donors (Lipinski definition) is 1. The van der Waals surface area contributed by atoms with Crippen molar-refractivity contribution in [3.63, 3.8) is 0 Å². The topological polar surface area (TPSA) is 100 Å². The van der Waals surface area contributed by atoms with Crippen molar-refractivity contribution >= 4 is 23.2 Å². The first-order valence-electron chi connectivity index (χ1n) is 12.0. The van der Waals surface area contributed by atoms with E-state index in [4.69, 9.17) is 24.7 Å². The molecule has 0 aliphatic carbocycles. The van der Waals surface area contributed by atoms with Gasteiger partial charge in [-0.15, -0.1) is 0 Å². The van der Waals surface area contributed by atoms with Crippen LogP contribution >= 0.6 is 0 Å². The Kier molecular flexibility index (Phi) is 7.78. The summed E-state index contributed by atoms with van der Waals surface area (Å²) in [6.07, 6.45) is 3.20. The number of nitrogens with zero attached hydrogens (tertiary/aromatic N) is 5. The van der Waals surface area contributed by atoms with Gasteiger partial charge in [-0.3, -0.25) is 4.79 Å². The number of piperidine rings is 1. The molecule has 3 fully saturated rings.